The number of alkyl halides is 3. The van der Waals surface area contributed by atoms with E-state index in [1.807, 2.05) is 0 Å². The summed E-state index contributed by atoms with van der Waals surface area (Å²) in [5.41, 5.74) is -0.172. The smallest absolute Gasteiger partial charge is 0.389 e. The summed E-state index contributed by atoms with van der Waals surface area (Å²) in [5, 5.41) is 22.0. The maximum Gasteiger partial charge on any atom is 0.416 e. The SMILES string of the molecule is CNC(=O)CCC(O)/C=C/C=C/C=C/C(O)CCc1cccc(C(F)(F)F)c1. The molecule has 0 aromatic heterocycles. The Hall–Kier alpha value is -2.38. The molecule has 0 aliphatic rings. The number of hydrogen-bond acceptors (Lipinski definition) is 3. The number of nitrogens with one attached hydrogen (secondary N) is 1. The van der Waals surface area contributed by atoms with Crippen LogP contribution in [0.2, 0.25) is 0 Å². The molecule has 0 heterocycles. The van der Waals surface area contributed by atoms with E-state index in [0.717, 1.165) is 12.1 Å². The summed E-state index contributed by atoms with van der Waals surface area (Å²) in [5.74, 6) is -0.134. The molecule has 0 aliphatic carbocycles. The lowest BCUT2D eigenvalue weighted by Crippen LogP contribution is -2.19. The van der Waals surface area contributed by atoms with Crippen LogP contribution in [0.4, 0.5) is 13.2 Å². The first-order valence-corrected chi connectivity index (χ1v) is 8.97. The van der Waals surface area contributed by atoms with Crippen LogP contribution in [0.15, 0.2) is 60.7 Å². The number of aliphatic hydroxyl groups excluding tert-OH is 2. The van der Waals surface area contributed by atoms with Gasteiger partial charge in [-0.05, 0) is 30.9 Å². The van der Waals surface area contributed by atoms with Gasteiger partial charge in [-0.1, -0.05) is 54.7 Å². The molecule has 0 fully saturated rings. The standard InChI is InChI=1S/C21H26F3NO3/c1-25-20(28)14-13-19(27)10-5-3-2-4-9-18(26)12-11-16-7-6-8-17(15-16)21(22,23)24/h2-10,15,18-19,26-27H,11-14H2,1H3,(H,25,28)/b3-2+,9-4+,10-5+. The van der Waals surface area contributed by atoms with Crippen LogP contribution in [0.5, 0.6) is 0 Å². The molecule has 1 amide bonds. The predicted molar refractivity (Wildman–Crippen MR) is 102 cm³/mol. The number of rotatable bonds is 10. The fourth-order valence-electron chi connectivity index (χ4n) is 2.33. The molecule has 4 nitrogen and oxygen atoms in total. The topological polar surface area (TPSA) is 69.6 Å². The van der Waals surface area contributed by atoms with Crippen molar-refractivity contribution in [2.45, 2.75) is 44.1 Å². The minimum absolute atomic E-state index is 0.134. The molecule has 0 saturated heterocycles. The van der Waals surface area contributed by atoms with Gasteiger partial charge in [0.15, 0.2) is 0 Å². The molecule has 1 aromatic carbocycles. The van der Waals surface area contributed by atoms with Crippen molar-refractivity contribution < 1.29 is 28.2 Å². The second-order valence-electron chi connectivity index (χ2n) is 6.24. The van der Waals surface area contributed by atoms with Crippen molar-refractivity contribution in [3.05, 3.63) is 71.8 Å². The first-order chi connectivity index (χ1) is 13.2. The number of carbonyl (C=O) groups is 1. The van der Waals surface area contributed by atoms with Crippen LogP contribution in [-0.2, 0) is 17.4 Å². The number of benzene rings is 1. The molecule has 0 bridgehead atoms. The highest BCUT2D eigenvalue weighted by molar-refractivity contribution is 5.75. The Kier molecular flexibility index (Phi) is 10.3. The quantitative estimate of drug-likeness (QED) is 0.529. The lowest BCUT2D eigenvalue weighted by molar-refractivity contribution is -0.137. The second-order valence-corrected chi connectivity index (χ2v) is 6.24. The van der Waals surface area contributed by atoms with Gasteiger partial charge in [-0.25, -0.2) is 0 Å². The van der Waals surface area contributed by atoms with Crippen molar-refractivity contribution in [3.63, 3.8) is 0 Å². The Balaban J connectivity index is 2.36. The van der Waals surface area contributed by atoms with Crippen molar-refractivity contribution in [2.75, 3.05) is 7.05 Å². The van der Waals surface area contributed by atoms with Crippen LogP contribution in [-0.4, -0.2) is 35.4 Å². The van der Waals surface area contributed by atoms with Crippen molar-refractivity contribution in [1.29, 1.82) is 0 Å². The fraction of sp³-hybridized carbons (Fsp3) is 0.381. The van der Waals surface area contributed by atoms with Gasteiger partial charge in [-0.2, -0.15) is 13.2 Å². The van der Waals surface area contributed by atoms with E-state index < -0.39 is 23.9 Å². The summed E-state index contributed by atoms with van der Waals surface area (Å²) in [4.78, 5) is 11.1. The monoisotopic (exact) mass is 397 g/mol. The summed E-state index contributed by atoms with van der Waals surface area (Å²) >= 11 is 0. The Labute approximate surface area is 163 Å². The molecule has 154 valence electrons. The maximum atomic E-state index is 12.7. The third-order valence-corrected chi connectivity index (χ3v) is 3.93. The summed E-state index contributed by atoms with van der Waals surface area (Å²) in [7, 11) is 1.54. The van der Waals surface area contributed by atoms with E-state index in [2.05, 4.69) is 5.32 Å². The third-order valence-electron chi connectivity index (χ3n) is 3.93. The van der Waals surface area contributed by atoms with Gasteiger partial charge in [0.2, 0.25) is 5.91 Å². The fourth-order valence-corrected chi connectivity index (χ4v) is 2.33. The highest BCUT2D eigenvalue weighted by Crippen LogP contribution is 2.29. The minimum atomic E-state index is -4.37. The molecular weight excluding hydrogens is 371 g/mol. The number of aryl methyl sites for hydroxylation is 1. The summed E-state index contributed by atoms with van der Waals surface area (Å²) in [6.45, 7) is 0. The Morgan fingerprint density at radius 2 is 1.68 bits per heavy atom. The molecule has 1 rings (SSSR count). The summed E-state index contributed by atoms with van der Waals surface area (Å²) < 4.78 is 38.0. The van der Waals surface area contributed by atoms with Crippen LogP contribution >= 0.6 is 0 Å². The highest BCUT2D eigenvalue weighted by Gasteiger charge is 2.30. The molecule has 0 aliphatic heterocycles. The molecule has 2 atom stereocenters. The van der Waals surface area contributed by atoms with Gasteiger partial charge in [-0.3, -0.25) is 4.79 Å². The normalized spacial score (nSPS) is 14.8. The molecule has 0 saturated carbocycles. The van der Waals surface area contributed by atoms with Crippen LogP contribution in [0.3, 0.4) is 0 Å². The van der Waals surface area contributed by atoms with E-state index in [4.69, 9.17) is 0 Å². The summed E-state index contributed by atoms with van der Waals surface area (Å²) in [6.07, 6.45) is 5.01. The van der Waals surface area contributed by atoms with Crippen LogP contribution in [0, 0.1) is 0 Å². The van der Waals surface area contributed by atoms with E-state index in [0.29, 0.717) is 24.8 Å². The van der Waals surface area contributed by atoms with Crippen LogP contribution in [0.1, 0.15) is 30.4 Å². The molecule has 28 heavy (non-hydrogen) atoms. The van der Waals surface area contributed by atoms with Gasteiger partial charge >= 0.3 is 6.18 Å². The predicted octanol–water partition coefficient (Wildman–Crippen LogP) is 3.55. The number of hydrogen-bond donors (Lipinski definition) is 3. The maximum absolute atomic E-state index is 12.7. The van der Waals surface area contributed by atoms with Gasteiger partial charge in [0.1, 0.15) is 0 Å². The number of aliphatic hydroxyl groups is 2. The van der Waals surface area contributed by atoms with E-state index in [-0.39, 0.29) is 12.3 Å². The molecule has 0 radical (unpaired) electrons. The first kappa shape index (κ1) is 23.7. The minimum Gasteiger partial charge on any atom is -0.389 e. The zero-order chi connectivity index (χ0) is 21.0. The lowest BCUT2D eigenvalue weighted by atomic mass is 10.0. The highest BCUT2D eigenvalue weighted by atomic mass is 19.4. The number of amides is 1. The van der Waals surface area contributed by atoms with Gasteiger partial charge in [0.25, 0.3) is 0 Å². The zero-order valence-electron chi connectivity index (χ0n) is 15.7. The molecule has 0 spiro atoms. The second kappa shape index (κ2) is 12.2. The zero-order valence-corrected chi connectivity index (χ0v) is 15.7. The molecule has 7 heteroatoms. The van der Waals surface area contributed by atoms with E-state index in [1.165, 1.54) is 13.1 Å². The Morgan fingerprint density at radius 3 is 2.25 bits per heavy atom. The summed E-state index contributed by atoms with van der Waals surface area (Å²) in [6, 6.07) is 5.08. The number of allylic oxidation sites excluding steroid dienone is 4. The van der Waals surface area contributed by atoms with Gasteiger partial charge in [-0.15, -0.1) is 0 Å². The van der Waals surface area contributed by atoms with Crippen LogP contribution < -0.4 is 5.32 Å². The van der Waals surface area contributed by atoms with Crippen LogP contribution in [0.25, 0.3) is 0 Å². The number of carbonyl (C=O) groups excluding carboxylic acids is 1. The first-order valence-electron chi connectivity index (χ1n) is 8.97. The van der Waals surface area contributed by atoms with E-state index in [1.54, 1.807) is 42.5 Å². The van der Waals surface area contributed by atoms with Gasteiger partial charge < -0.3 is 15.5 Å². The van der Waals surface area contributed by atoms with Gasteiger partial charge in [0, 0.05) is 13.5 Å². The van der Waals surface area contributed by atoms with Crippen molar-refractivity contribution in [2.24, 2.45) is 0 Å². The van der Waals surface area contributed by atoms with Crippen molar-refractivity contribution in [3.8, 4) is 0 Å². The van der Waals surface area contributed by atoms with Gasteiger partial charge in [0.05, 0.1) is 17.8 Å². The Bertz CT molecular complexity index is 696. The number of halogens is 3. The van der Waals surface area contributed by atoms with Crippen molar-refractivity contribution >= 4 is 5.91 Å². The average molecular weight is 397 g/mol. The average Bonchev–Trinajstić information content (AvgIpc) is 2.66. The molecule has 3 N–H and O–H groups in total. The largest absolute Gasteiger partial charge is 0.416 e. The van der Waals surface area contributed by atoms with Crippen molar-refractivity contribution in [1.82, 2.24) is 5.32 Å². The van der Waals surface area contributed by atoms with E-state index >= 15 is 0 Å². The molecule has 2 unspecified atom stereocenters. The van der Waals surface area contributed by atoms with E-state index in [9.17, 15) is 28.2 Å². The third kappa shape index (κ3) is 10.1. The molecular formula is C21H26F3NO3. The molecule has 1 aromatic rings. The lowest BCUT2D eigenvalue weighted by Gasteiger charge is -2.09. The Morgan fingerprint density at radius 1 is 1.07 bits per heavy atom.